The molecular formula is C11H16ClNO. The molecule has 1 atom stereocenters. The third-order valence-corrected chi connectivity index (χ3v) is 2.50. The van der Waals surface area contributed by atoms with Gasteiger partial charge in [-0.2, -0.15) is 0 Å². The van der Waals surface area contributed by atoms with E-state index in [9.17, 15) is 5.11 Å². The minimum absolute atomic E-state index is 0.0905. The van der Waals surface area contributed by atoms with E-state index in [2.05, 4.69) is 6.92 Å². The molecule has 3 heteroatoms. The van der Waals surface area contributed by atoms with Gasteiger partial charge in [0.15, 0.2) is 0 Å². The van der Waals surface area contributed by atoms with Crippen molar-refractivity contribution < 1.29 is 5.11 Å². The van der Waals surface area contributed by atoms with Crippen LogP contribution in [-0.2, 0) is 0 Å². The van der Waals surface area contributed by atoms with Crippen LogP contribution in [0.4, 0.5) is 0 Å². The zero-order valence-corrected chi connectivity index (χ0v) is 9.09. The van der Waals surface area contributed by atoms with Gasteiger partial charge in [0, 0.05) is 16.6 Å². The fourth-order valence-corrected chi connectivity index (χ4v) is 1.58. The van der Waals surface area contributed by atoms with Gasteiger partial charge in [-0.25, -0.2) is 0 Å². The van der Waals surface area contributed by atoms with E-state index in [1.807, 2.05) is 0 Å². The molecule has 1 rings (SSSR count). The summed E-state index contributed by atoms with van der Waals surface area (Å²) in [6.07, 6.45) is 3.08. The highest BCUT2D eigenvalue weighted by Crippen LogP contribution is 2.28. The van der Waals surface area contributed by atoms with Crippen molar-refractivity contribution >= 4 is 11.6 Å². The quantitative estimate of drug-likeness (QED) is 0.807. The monoisotopic (exact) mass is 213 g/mol. The summed E-state index contributed by atoms with van der Waals surface area (Å²) in [6.45, 7) is 2.12. The maximum Gasteiger partial charge on any atom is 0.121 e. The van der Waals surface area contributed by atoms with Gasteiger partial charge in [-0.05, 0) is 18.6 Å². The number of phenolic OH excluding ortho intramolecular Hbond substituents is 1. The molecule has 0 aliphatic heterocycles. The first-order chi connectivity index (χ1) is 6.65. The lowest BCUT2D eigenvalue weighted by molar-refractivity contribution is 0.456. The van der Waals surface area contributed by atoms with Crippen molar-refractivity contribution in [3.63, 3.8) is 0 Å². The van der Waals surface area contributed by atoms with Gasteiger partial charge in [-0.3, -0.25) is 0 Å². The van der Waals surface area contributed by atoms with Crippen LogP contribution in [0, 0.1) is 0 Å². The van der Waals surface area contributed by atoms with Crippen LogP contribution in [0.2, 0.25) is 5.02 Å². The topological polar surface area (TPSA) is 46.2 Å². The van der Waals surface area contributed by atoms with Crippen molar-refractivity contribution in [1.82, 2.24) is 0 Å². The molecule has 0 aromatic heterocycles. The van der Waals surface area contributed by atoms with E-state index >= 15 is 0 Å². The molecule has 1 aromatic carbocycles. The van der Waals surface area contributed by atoms with Crippen molar-refractivity contribution in [3.8, 4) is 5.75 Å². The normalized spacial score (nSPS) is 12.8. The van der Waals surface area contributed by atoms with Crippen molar-refractivity contribution in [2.75, 3.05) is 0 Å². The van der Waals surface area contributed by atoms with Crippen LogP contribution in [0.5, 0.6) is 5.75 Å². The number of benzene rings is 1. The highest BCUT2D eigenvalue weighted by atomic mass is 35.5. The summed E-state index contributed by atoms with van der Waals surface area (Å²) in [6, 6.07) is 4.98. The minimum Gasteiger partial charge on any atom is -0.508 e. The highest BCUT2D eigenvalue weighted by molar-refractivity contribution is 6.30. The second-order valence-electron chi connectivity index (χ2n) is 3.45. The lowest BCUT2D eigenvalue weighted by atomic mass is 10.0. The molecule has 2 nitrogen and oxygen atoms in total. The van der Waals surface area contributed by atoms with E-state index in [-0.39, 0.29) is 11.8 Å². The molecule has 0 saturated heterocycles. The van der Waals surface area contributed by atoms with Gasteiger partial charge in [0.1, 0.15) is 5.75 Å². The van der Waals surface area contributed by atoms with E-state index in [0.717, 1.165) is 24.8 Å². The Morgan fingerprint density at radius 2 is 2.21 bits per heavy atom. The van der Waals surface area contributed by atoms with Crippen LogP contribution in [0.25, 0.3) is 0 Å². The van der Waals surface area contributed by atoms with Gasteiger partial charge in [-0.15, -0.1) is 0 Å². The van der Waals surface area contributed by atoms with Crippen LogP contribution in [-0.4, -0.2) is 5.11 Å². The fourth-order valence-electron chi connectivity index (χ4n) is 1.41. The Hall–Kier alpha value is -0.730. The molecule has 1 aromatic rings. The third kappa shape index (κ3) is 2.89. The number of rotatable bonds is 4. The summed E-state index contributed by atoms with van der Waals surface area (Å²) in [4.78, 5) is 0. The van der Waals surface area contributed by atoms with Crippen molar-refractivity contribution in [3.05, 3.63) is 28.8 Å². The number of hydrogen-bond donors (Lipinski definition) is 2. The van der Waals surface area contributed by atoms with E-state index in [1.54, 1.807) is 12.1 Å². The maximum atomic E-state index is 9.60. The second kappa shape index (κ2) is 5.23. The Labute approximate surface area is 89.7 Å². The smallest absolute Gasteiger partial charge is 0.121 e. The highest BCUT2D eigenvalue weighted by Gasteiger charge is 2.10. The Kier molecular flexibility index (Phi) is 4.23. The van der Waals surface area contributed by atoms with Gasteiger partial charge in [-0.1, -0.05) is 37.4 Å². The average molecular weight is 214 g/mol. The molecule has 0 radical (unpaired) electrons. The Morgan fingerprint density at radius 3 is 2.79 bits per heavy atom. The van der Waals surface area contributed by atoms with Gasteiger partial charge in [0.25, 0.3) is 0 Å². The van der Waals surface area contributed by atoms with Crippen LogP contribution in [0.1, 0.15) is 37.8 Å². The molecular weight excluding hydrogens is 198 g/mol. The molecule has 1 unspecified atom stereocenters. The molecule has 0 fully saturated rings. The second-order valence-corrected chi connectivity index (χ2v) is 3.89. The first-order valence-corrected chi connectivity index (χ1v) is 5.27. The van der Waals surface area contributed by atoms with Crippen LogP contribution in [0.15, 0.2) is 18.2 Å². The summed E-state index contributed by atoms with van der Waals surface area (Å²) in [5.41, 5.74) is 6.71. The molecule has 0 aliphatic carbocycles. The lowest BCUT2D eigenvalue weighted by Gasteiger charge is -2.13. The fraction of sp³-hybridized carbons (Fsp3) is 0.455. The summed E-state index contributed by atoms with van der Waals surface area (Å²) in [5.74, 6) is 0.195. The van der Waals surface area contributed by atoms with E-state index in [1.165, 1.54) is 6.07 Å². The molecule has 14 heavy (non-hydrogen) atoms. The summed E-state index contributed by atoms with van der Waals surface area (Å²) in [5, 5.41) is 10.1. The van der Waals surface area contributed by atoms with Crippen molar-refractivity contribution in [2.45, 2.75) is 32.2 Å². The largest absolute Gasteiger partial charge is 0.508 e. The molecule has 0 saturated carbocycles. The maximum absolute atomic E-state index is 9.60. The standard InChI is InChI=1S/C11H16ClNO/c1-2-3-4-10(13)9-6-5-8(12)7-11(9)14/h5-7,10,14H,2-4,13H2,1H3. The number of unbranched alkanes of at least 4 members (excludes halogenated alkanes) is 1. The number of nitrogens with two attached hydrogens (primary N) is 1. The van der Waals surface area contributed by atoms with E-state index in [4.69, 9.17) is 17.3 Å². The molecule has 0 bridgehead atoms. The van der Waals surface area contributed by atoms with Gasteiger partial charge < -0.3 is 10.8 Å². The zero-order chi connectivity index (χ0) is 10.6. The molecule has 3 N–H and O–H groups in total. The lowest BCUT2D eigenvalue weighted by Crippen LogP contribution is -2.10. The predicted octanol–water partition coefficient (Wildman–Crippen LogP) is 3.24. The van der Waals surface area contributed by atoms with E-state index < -0.39 is 0 Å². The average Bonchev–Trinajstić information content (AvgIpc) is 2.14. The van der Waals surface area contributed by atoms with Crippen molar-refractivity contribution in [1.29, 1.82) is 0 Å². The molecule has 0 amide bonds. The van der Waals surface area contributed by atoms with Crippen LogP contribution < -0.4 is 5.73 Å². The summed E-state index contributed by atoms with van der Waals surface area (Å²) < 4.78 is 0. The zero-order valence-electron chi connectivity index (χ0n) is 8.33. The Balaban J connectivity index is 2.74. The Bertz CT molecular complexity index is 301. The molecule has 78 valence electrons. The number of phenols is 1. The predicted molar refractivity (Wildman–Crippen MR) is 59.6 cm³/mol. The van der Waals surface area contributed by atoms with Gasteiger partial charge in [0.2, 0.25) is 0 Å². The van der Waals surface area contributed by atoms with Crippen LogP contribution in [0.3, 0.4) is 0 Å². The minimum atomic E-state index is -0.0905. The first-order valence-electron chi connectivity index (χ1n) is 4.89. The SMILES string of the molecule is CCCCC(N)c1ccc(Cl)cc1O. The third-order valence-electron chi connectivity index (χ3n) is 2.26. The number of hydrogen-bond acceptors (Lipinski definition) is 2. The van der Waals surface area contributed by atoms with Gasteiger partial charge >= 0.3 is 0 Å². The number of halogens is 1. The molecule has 0 heterocycles. The first kappa shape index (κ1) is 11.3. The Morgan fingerprint density at radius 1 is 1.50 bits per heavy atom. The van der Waals surface area contributed by atoms with Gasteiger partial charge in [0.05, 0.1) is 0 Å². The number of aromatic hydroxyl groups is 1. The van der Waals surface area contributed by atoms with Crippen LogP contribution >= 0.6 is 11.6 Å². The van der Waals surface area contributed by atoms with E-state index in [0.29, 0.717) is 5.02 Å². The molecule has 0 aliphatic rings. The van der Waals surface area contributed by atoms with Crippen molar-refractivity contribution in [2.24, 2.45) is 5.73 Å². The summed E-state index contributed by atoms with van der Waals surface area (Å²) >= 11 is 5.73. The summed E-state index contributed by atoms with van der Waals surface area (Å²) in [7, 11) is 0. The molecule has 0 spiro atoms.